The minimum atomic E-state index is -0.652. The van der Waals surface area contributed by atoms with Gasteiger partial charge in [-0.3, -0.25) is 0 Å². The van der Waals surface area contributed by atoms with Crippen LogP contribution >= 0.6 is 0 Å². The molecule has 0 radical (unpaired) electrons. The molecule has 0 fully saturated rings. The molecule has 0 aromatic rings. The lowest BCUT2D eigenvalue weighted by molar-refractivity contribution is 0.0988. The van der Waals surface area contributed by atoms with E-state index in [0.29, 0.717) is 0 Å². The third-order valence-electron chi connectivity index (χ3n) is 3.23. The maximum absolute atomic E-state index is 9.70. The Morgan fingerprint density at radius 3 is 1.81 bits per heavy atom. The van der Waals surface area contributed by atoms with Gasteiger partial charge in [0.2, 0.25) is 0 Å². The molecule has 0 rings (SSSR count). The molecule has 1 N–H and O–H groups in total. The highest BCUT2D eigenvalue weighted by Gasteiger charge is 2.13. The third-order valence-corrected chi connectivity index (χ3v) is 3.23. The van der Waals surface area contributed by atoms with Crippen molar-refractivity contribution in [1.82, 2.24) is 0 Å². The van der Waals surface area contributed by atoms with Crippen LogP contribution in [-0.2, 0) is 0 Å². The molecule has 0 aromatic heterocycles. The average Bonchev–Trinajstić information content (AvgIpc) is 2.27. The van der Waals surface area contributed by atoms with Gasteiger partial charge in [-0.1, -0.05) is 70.8 Å². The molecule has 1 nitrogen and oxygen atoms in total. The molecule has 0 saturated carbocycles. The van der Waals surface area contributed by atoms with Gasteiger partial charge in [0.1, 0.15) is 0 Å². The van der Waals surface area contributed by atoms with Crippen LogP contribution in [0.2, 0.25) is 0 Å². The summed E-state index contributed by atoms with van der Waals surface area (Å²) in [7, 11) is 0. The molecule has 0 aromatic carbocycles. The van der Waals surface area contributed by atoms with Crippen LogP contribution in [0.1, 0.15) is 78.1 Å². The monoisotopic (exact) mass is 226 g/mol. The maximum atomic E-state index is 9.70. The van der Waals surface area contributed by atoms with Crippen LogP contribution in [0.4, 0.5) is 0 Å². The zero-order valence-electron chi connectivity index (χ0n) is 11.3. The van der Waals surface area contributed by atoms with E-state index in [1.165, 1.54) is 51.4 Å². The summed E-state index contributed by atoms with van der Waals surface area (Å²) in [5, 5.41) is 9.70. The van der Waals surface area contributed by atoms with E-state index >= 15 is 0 Å². The largest absolute Gasteiger partial charge is 0.386 e. The lowest BCUT2D eigenvalue weighted by Gasteiger charge is -2.17. The van der Waals surface area contributed by atoms with Gasteiger partial charge in [-0.05, 0) is 13.3 Å². The standard InChI is InChI=1S/C15H30O/c1-4-6-7-8-9-10-11-12-13-14-15(3,16)5-2/h5,16H,2,4,6-14H2,1,3H3/t15-/m1/s1. The van der Waals surface area contributed by atoms with Crippen LogP contribution in [0.3, 0.4) is 0 Å². The predicted molar refractivity (Wildman–Crippen MR) is 72.7 cm³/mol. The first-order valence-electron chi connectivity index (χ1n) is 6.98. The van der Waals surface area contributed by atoms with E-state index in [1.54, 1.807) is 6.08 Å². The Morgan fingerprint density at radius 1 is 0.938 bits per heavy atom. The van der Waals surface area contributed by atoms with E-state index in [-0.39, 0.29) is 0 Å². The molecule has 0 heterocycles. The first kappa shape index (κ1) is 15.7. The fourth-order valence-electron chi connectivity index (χ4n) is 1.90. The van der Waals surface area contributed by atoms with Crippen LogP contribution in [0.5, 0.6) is 0 Å². The molecule has 1 heteroatoms. The van der Waals surface area contributed by atoms with E-state index in [9.17, 15) is 5.11 Å². The van der Waals surface area contributed by atoms with E-state index in [0.717, 1.165) is 12.8 Å². The van der Waals surface area contributed by atoms with Gasteiger partial charge < -0.3 is 5.11 Å². The van der Waals surface area contributed by atoms with Gasteiger partial charge in [0.05, 0.1) is 5.60 Å². The Bertz CT molecular complexity index is 161. The second-order valence-corrected chi connectivity index (χ2v) is 5.14. The summed E-state index contributed by atoms with van der Waals surface area (Å²) in [5.41, 5.74) is -0.652. The predicted octanol–water partition coefficient (Wildman–Crippen LogP) is 4.84. The molecule has 0 aliphatic rings. The topological polar surface area (TPSA) is 20.2 Å². The van der Waals surface area contributed by atoms with Crippen LogP contribution in [0.25, 0.3) is 0 Å². The summed E-state index contributed by atoms with van der Waals surface area (Å²) < 4.78 is 0. The molecule has 0 bridgehead atoms. The first-order valence-corrected chi connectivity index (χ1v) is 6.98. The minimum absolute atomic E-state index is 0.652. The Morgan fingerprint density at radius 2 is 1.38 bits per heavy atom. The van der Waals surface area contributed by atoms with Gasteiger partial charge >= 0.3 is 0 Å². The highest BCUT2D eigenvalue weighted by Crippen LogP contribution is 2.16. The summed E-state index contributed by atoms with van der Waals surface area (Å²) in [6, 6.07) is 0. The fraction of sp³-hybridized carbons (Fsp3) is 0.867. The van der Waals surface area contributed by atoms with Crippen molar-refractivity contribution >= 4 is 0 Å². The number of aliphatic hydroxyl groups is 1. The molecule has 0 unspecified atom stereocenters. The second kappa shape index (κ2) is 9.89. The van der Waals surface area contributed by atoms with Crippen molar-refractivity contribution in [1.29, 1.82) is 0 Å². The zero-order chi connectivity index (χ0) is 12.3. The first-order chi connectivity index (χ1) is 7.62. The van der Waals surface area contributed by atoms with Crippen molar-refractivity contribution in [2.75, 3.05) is 0 Å². The van der Waals surface area contributed by atoms with E-state index < -0.39 is 5.60 Å². The molecule has 0 aliphatic heterocycles. The summed E-state index contributed by atoms with van der Waals surface area (Å²) in [6.07, 6.45) is 14.5. The molecule has 1 atom stereocenters. The van der Waals surface area contributed by atoms with Gasteiger partial charge in [0.15, 0.2) is 0 Å². The molecule has 16 heavy (non-hydrogen) atoms. The zero-order valence-corrected chi connectivity index (χ0v) is 11.3. The summed E-state index contributed by atoms with van der Waals surface area (Å²) in [4.78, 5) is 0. The smallest absolute Gasteiger partial charge is 0.0797 e. The lowest BCUT2D eigenvalue weighted by Crippen LogP contribution is -2.19. The number of hydrogen-bond acceptors (Lipinski definition) is 1. The molecule has 96 valence electrons. The fourth-order valence-corrected chi connectivity index (χ4v) is 1.90. The van der Waals surface area contributed by atoms with Gasteiger partial charge in [-0.15, -0.1) is 6.58 Å². The number of rotatable bonds is 11. The van der Waals surface area contributed by atoms with Crippen molar-refractivity contribution in [3.63, 3.8) is 0 Å². The lowest BCUT2D eigenvalue weighted by atomic mass is 9.98. The van der Waals surface area contributed by atoms with Crippen LogP contribution in [0.15, 0.2) is 12.7 Å². The SMILES string of the molecule is C=C[C@@](C)(O)CCCCCCCCCCC. The molecule has 0 saturated heterocycles. The summed E-state index contributed by atoms with van der Waals surface area (Å²) >= 11 is 0. The average molecular weight is 226 g/mol. The third kappa shape index (κ3) is 10.2. The van der Waals surface area contributed by atoms with E-state index in [2.05, 4.69) is 13.5 Å². The molecule has 0 amide bonds. The van der Waals surface area contributed by atoms with Crippen LogP contribution in [-0.4, -0.2) is 10.7 Å². The van der Waals surface area contributed by atoms with Crippen molar-refractivity contribution in [3.05, 3.63) is 12.7 Å². The Labute approximate surface area is 102 Å². The van der Waals surface area contributed by atoms with Gasteiger partial charge in [0, 0.05) is 0 Å². The molecular formula is C15H30O. The van der Waals surface area contributed by atoms with Gasteiger partial charge in [-0.2, -0.15) is 0 Å². The second-order valence-electron chi connectivity index (χ2n) is 5.14. The van der Waals surface area contributed by atoms with Crippen molar-refractivity contribution in [2.24, 2.45) is 0 Å². The molecular weight excluding hydrogens is 196 g/mol. The normalized spacial score (nSPS) is 14.7. The van der Waals surface area contributed by atoms with Crippen molar-refractivity contribution < 1.29 is 5.11 Å². The summed E-state index contributed by atoms with van der Waals surface area (Å²) in [5.74, 6) is 0. The number of unbranched alkanes of at least 4 members (excludes halogenated alkanes) is 8. The van der Waals surface area contributed by atoms with Gasteiger partial charge in [0.25, 0.3) is 0 Å². The Hall–Kier alpha value is -0.300. The van der Waals surface area contributed by atoms with Crippen LogP contribution in [0, 0.1) is 0 Å². The Kier molecular flexibility index (Phi) is 9.71. The Balaban J connectivity index is 3.13. The van der Waals surface area contributed by atoms with E-state index in [4.69, 9.17) is 0 Å². The quantitative estimate of drug-likeness (QED) is 0.394. The number of hydrogen-bond donors (Lipinski definition) is 1. The minimum Gasteiger partial charge on any atom is -0.386 e. The highest BCUT2D eigenvalue weighted by atomic mass is 16.3. The van der Waals surface area contributed by atoms with Crippen LogP contribution < -0.4 is 0 Å². The highest BCUT2D eigenvalue weighted by molar-refractivity contribution is 4.91. The molecule has 0 aliphatic carbocycles. The van der Waals surface area contributed by atoms with Gasteiger partial charge in [-0.25, -0.2) is 0 Å². The van der Waals surface area contributed by atoms with E-state index in [1.807, 2.05) is 6.92 Å². The summed E-state index contributed by atoms with van der Waals surface area (Å²) in [6.45, 7) is 7.73. The molecule has 0 spiro atoms. The van der Waals surface area contributed by atoms with Crippen molar-refractivity contribution in [2.45, 2.75) is 83.7 Å². The maximum Gasteiger partial charge on any atom is 0.0797 e. The van der Waals surface area contributed by atoms with Crippen molar-refractivity contribution in [3.8, 4) is 0 Å².